The summed E-state index contributed by atoms with van der Waals surface area (Å²) in [7, 11) is -2.19. The van der Waals surface area contributed by atoms with E-state index in [0.29, 0.717) is 0 Å². The zero-order valence-corrected chi connectivity index (χ0v) is 15.9. The van der Waals surface area contributed by atoms with Crippen molar-refractivity contribution in [3.8, 4) is 5.88 Å². The number of nitrogens with zero attached hydrogens (tertiary/aromatic N) is 4. The van der Waals surface area contributed by atoms with Crippen LogP contribution in [0.25, 0.3) is 0 Å². The highest BCUT2D eigenvalue weighted by Gasteiger charge is 2.33. The third kappa shape index (κ3) is 3.50. The number of pyridine rings is 1. The van der Waals surface area contributed by atoms with Crippen LogP contribution in [0.3, 0.4) is 0 Å². The molecule has 0 radical (unpaired) electrons. The van der Waals surface area contributed by atoms with E-state index in [1.54, 1.807) is 11.6 Å². The maximum absolute atomic E-state index is 12.9. The molecule has 3 rings (SSSR count). The van der Waals surface area contributed by atoms with E-state index >= 15 is 0 Å². The predicted octanol–water partition coefficient (Wildman–Crippen LogP) is 0.931. The van der Waals surface area contributed by atoms with E-state index in [4.69, 9.17) is 4.74 Å². The van der Waals surface area contributed by atoms with E-state index in [0.717, 1.165) is 0 Å². The number of nitrogens with one attached hydrogen (secondary N) is 1. The molecule has 0 bridgehead atoms. The average Bonchev–Trinajstić information content (AvgIpc) is 2.99. The molecule has 1 aliphatic rings. The van der Waals surface area contributed by atoms with Crippen molar-refractivity contribution in [2.45, 2.75) is 31.3 Å². The molecule has 0 saturated carbocycles. The van der Waals surface area contributed by atoms with Crippen LogP contribution in [0.5, 0.6) is 5.88 Å². The molecule has 3 heterocycles. The van der Waals surface area contributed by atoms with Crippen LogP contribution in [0.15, 0.2) is 29.8 Å². The molecule has 1 amide bonds. The Morgan fingerprint density at radius 1 is 1.31 bits per heavy atom. The first-order valence-corrected chi connectivity index (χ1v) is 9.48. The van der Waals surface area contributed by atoms with Crippen LogP contribution in [0, 0.1) is 0 Å². The molecule has 0 aromatic carbocycles. The molecule has 140 valence electrons. The normalized spacial score (nSPS) is 14.5. The van der Waals surface area contributed by atoms with Crippen LogP contribution in [0.2, 0.25) is 0 Å². The number of imidazole rings is 1. The molecular weight excluding hydrogens is 358 g/mol. The molecule has 1 N–H and O–H groups in total. The van der Waals surface area contributed by atoms with E-state index in [1.807, 2.05) is 20.8 Å². The number of amides is 1. The molecule has 2 aromatic rings. The largest absolute Gasteiger partial charge is 0.474 e. The Morgan fingerprint density at radius 2 is 2.04 bits per heavy atom. The Balaban J connectivity index is 2.01. The molecule has 1 aliphatic heterocycles. The summed E-state index contributed by atoms with van der Waals surface area (Å²) in [5.41, 5.74) is 0.0531. The van der Waals surface area contributed by atoms with Gasteiger partial charge in [0.1, 0.15) is 12.3 Å². The van der Waals surface area contributed by atoms with Crippen molar-refractivity contribution < 1.29 is 17.9 Å². The number of hydrogen-bond acceptors (Lipinski definition) is 6. The third-order valence-electron chi connectivity index (χ3n) is 3.62. The summed E-state index contributed by atoms with van der Waals surface area (Å²) in [4.78, 5) is 20.5. The average molecular weight is 379 g/mol. The quantitative estimate of drug-likeness (QED) is 0.850. The summed E-state index contributed by atoms with van der Waals surface area (Å²) in [5, 5.41) is 2.76. The number of carbonyl (C=O) groups excluding carboxylic acids is 1. The van der Waals surface area contributed by atoms with Gasteiger partial charge in [-0.2, -0.15) is 8.42 Å². The molecule has 0 atom stereocenters. The van der Waals surface area contributed by atoms with Gasteiger partial charge >= 0.3 is 0 Å². The SMILES string of the molecule is Cn1cnc(S(=O)(=O)N2CCOc3ncc(C(=O)NC(C)(C)C)cc32)c1. The van der Waals surface area contributed by atoms with Crippen molar-refractivity contribution >= 4 is 21.6 Å². The maximum atomic E-state index is 12.9. The van der Waals surface area contributed by atoms with Gasteiger partial charge < -0.3 is 14.6 Å². The van der Waals surface area contributed by atoms with Crippen LogP contribution >= 0.6 is 0 Å². The summed E-state index contributed by atoms with van der Waals surface area (Å²) >= 11 is 0. The zero-order chi connectivity index (χ0) is 19.1. The molecule has 0 unspecified atom stereocenters. The number of sulfonamides is 1. The smallest absolute Gasteiger partial charge is 0.283 e. The van der Waals surface area contributed by atoms with Crippen molar-refractivity contribution in [1.82, 2.24) is 19.9 Å². The molecule has 26 heavy (non-hydrogen) atoms. The number of aromatic nitrogens is 3. The standard InChI is InChI=1S/C16H21N5O4S/c1-16(2,3)19-14(22)11-7-12-15(17-8-11)25-6-5-21(12)26(23,24)13-9-20(4)10-18-13/h7-10H,5-6H2,1-4H3,(H,19,22). The number of ether oxygens (including phenoxy) is 1. The Bertz CT molecular complexity index is 946. The van der Waals surface area contributed by atoms with Gasteiger partial charge in [-0.25, -0.2) is 9.97 Å². The minimum absolute atomic E-state index is 0.0719. The Kier molecular flexibility index (Phi) is 4.39. The van der Waals surface area contributed by atoms with Crippen molar-refractivity contribution in [3.05, 3.63) is 30.4 Å². The zero-order valence-electron chi connectivity index (χ0n) is 15.1. The minimum atomic E-state index is -3.88. The Labute approximate surface area is 152 Å². The van der Waals surface area contributed by atoms with Crippen LogP contribution < -0.4 is 14.4 Å². The predicted molar refractivity (Wildman–Crippen MR) is 94.7 cm³/mol. The van der Waals surface area contributed by atoms with E-state index in [2.05, 4.69) is 15.3 Å². The van der Waals surface area contributed by atoms with Crippen LogP contribution in [-0.4, -0.2) is 47.6 Å². The van der Waals surface area contributed by atoms with E-state index in [1.165, 1.54) is 29.1 Å². The van der Waals surface area contributed by atoms with Crippen molar-refractivity contribution in [1.29, 1.82) is 0 Å². The maximum Gasteiger partial charge on any atom is 0.283 e. The lowest BCUT2D eigenvalue weighted by Crippen LogP contribution is -2.41. The number of aryl methyl sites for hydroxylation is 1. The van der Waals surface area contributed by atoms with Gasteiger partial charge in [-0.05, 0) is 26.8 Å². The molecular formula is C16H21N5O4S. The molecule has 10 heteroatoms. The highest BCUT2D eigenvalue weighted by molar-refractivity contribution is 7.92. The fourth-order valence-corrected chi connectivity index (χ4v) is 3.91. The van der Waals surface area contributed by atoms with Crippen molar-refractivity contribution in [2.24, 2.45) is 7.05 Å². The number of fused-ring (bicyclic) bond motifs is 1. The van der Waals surface area contributed by atoms with E-state index in [9.17, 15) is 13.2 Å². The second kappa shape index (κ2) is 6.27. The lowest BCUT2D eigenvalue weighted by molar-refractivity contribution is 0.0919. The molecule has 2 aromatic heterocycles. The first kappa shape index (κ1) is 18.2. The van der Waals surface area contributed by atoms with E-state index in [-0.39, 0.29) is 41.2 Å². The monoisotopic (exact) mass is 379 g/mol. The summed E-state index contributed by atoms with van der Waals surface area (Å²) < 4.78 is 34.1. The van der Waals surface area contributed by atoms with Gasteiger partial charge in [-0.3, -0.25) is 9.10 Å². The van der Waals surface area contributed by atoms with Crippen molar-refractivity contribution in [3.63, 3.8) is 0 Å². The first-order chi connectivity index (χ1) is 12.1. The molecule has 0 saturated heterocycles. The molecule has 0 spiro atoms. The second-order valence-electron chi connectivity index (χ2n) is 7.06. The van der Waals surface area contributed by atoms with Crippen molar-refractivity contribution in [2.75, 3.05) is 17.5 Å². The Hall–Kier alpha value is -2.62. The van der Waals surface area contributed by atoms with Crippen LogP contribution in [0.1, 0.15) is 31.1 Å². The summed E-state index contributed by atoms with van der Waals surface area (Å²) in [5.74, 6) is -0.170. The Morgan fingerprint density at radius 3 is 2.65 bits per heavy atom. The molecule has 9 nitrogen and oxygen atoms in total. The first-order valence-electron chi connectivity index (χ1n) is 8.04. The van der Waals surface area contributed by atoms with Gasteiger partial charge in [0.05, 0.1) is 18.4 Å². The topological polar surface area (TPSA) is 106 Å². The van der Waals surface area contributed by atoms with Gasteiger partial charge in [0.15, 0.2) is 5.03 Å². The van der Waals surface area contributed by atoms with Gasteiger partial charge in [0.2, 0.25) is 5.88 Å². The lowest BCUT2D eigenvalue weighted by Gasteiger charge is -2.29. The third-order valence-corrected chi connectivity index (χ3v) is 5.32. The molecule has 0 aliphatic carbocycles. The lowest BCUT2D eigenvalue weighted by atomic mass is 10.1. The fourth-order valence-electron chi connectivity index (χ4n) is 2.50. The van der Waals surface area contributed by atoms with Gasteiger partial charge in [-0.1, -0.05) is 0 Å². The van der Waals surface area contributed by atoms with Gasteiger partial charge in [0.25, 0.3) is 15.9 Å². The van der Waals surface area contributed by atoms with Crippen LogP contribution in [-0.2, 0) is 17.1 Å². The summed E-state index contributed by atoms with van der Waals surface area (Å²) in [6, 6.07) is 1.48. The fraction of sp³-hybridized carbons (Fsp3) is 0.438. The number of hydrogen-bond donors (Lipinski definition) is 1. The van der Waals surface area contributed by atoms with Gasteiger partial charge in [-0.15, -0.1) is 0 Å². The number of rotatable bonds is 3. The number of carbonyl (C=O) groups is 1. The second-order valence-corrected chi connectivity index (χ2v) is 8.86. The van der Waals surface area contributed by atoms with Crippen LogP contribution in [0.4, 0.5) is 5.69 Å². The minimum Gasteiger partial charge on any atom is -0.474 e. The number of anilines is 1. The highest BCUT2D eigenvalue weighted by atomic mass is 32.2. The highest BCUT2D eigenvalue weighted by Crippen LogP contribution is 2.34. The van der Waals surface area contributed by atoms with E-state index < -0.39 is 15.6 Å². The van der Waals surface area contributed by atoms with Gasteiger partial charge in [0, 0.05) is 25.0 Å². The summed E-state index contributed by atoms with van der Waals surface area (Å²) in [6.07, 6.45) is 4.21. The molecule has 0 fully saturated rings. The summed E-state index contributed by atoms with van der Waals surface area (Å²) in [6.45, 7) is 5.85.